The van der Waals surface area contributed by atoms with Gasteiger partial charge in [0.2, 0.25) is 0 Å². The van der Waals surface area contributed by atoms with E-state index < -0.39 is 0 Å². The van der Waals surface area contributed by atoms with Crippen molar-refractivity contribution in [2.75, 3.05) is 20.6 Å². The van der Waals surface area contributed by atoms with Crippen LogP contribution in [0, 0.1) is 0 Å². The van der Waals surface area contributed by atoms with Crippen molar-refractivity contribution in [3.8, 4) is 17.1 Å². The first kappa shape index (κ1) is 12.6. The summed E-state index contributed by atoms with van der Waals surface area (Å²) < 4.78 is 2.15. The average molecular weight is 245 g/mol. The molecule has 1 N–H and O–H groups in total. The summed E-state index contributed by atoms with van der Waals surface area (Å²) in [6.07, 6.45) is 4.91. The maximum Gasteiger partial charge on any atom is 0.139 e. The Kier molecular flexibility index (Phi) is 3.99. The Bertz CT molecular complexity index is 488. The first-order valence-electron chi connectivity index (χ1n) is 6.12. The molecule has 4 nitrogen and oxygen atoms in total. The second kappa shape index (κ2) is 5.69. The Balaban J connectivity index is 2.10. The lowest BCUT2D eigenvalue weighted by molar-refractivity contribution is 0.387. The van der Waals surface area contributed by atoms with E-state index in [1.165, 1.54) is 0 Å². The summed E-state index contributed by atoms with van der Waals surface area (Å²) in [4.78, 5) is 6.56. The minimum Gasteiger partial charge on any atom is -0.508 e. The zero-order valence-corrected chi connectivity index (χ0v) is 10.9. The number of aromatic hydroxyl groups is 1. The molecule has 1 heterocycles. The van der Waals surface area contributed by atoms with Crippen LogP contribution in [0.15, 0.2) is 36.7 Å². The highest BCUT2D eigenvalue weighted by Gasteiger charge is 2.05. The van der Waals surface area contributed by atoms with Crippen LogP contribution in [0.3, 0.4) is 0 Å². The minimum atomic E-state index is 0.282. The second-order valence-electron chi connectivity index (χ2n) is 4.65. The Hall–Kier alpha value is -1.81. The molecule has 0 radical (unpaired) electrons. The van der Waals surface area contributed by atoms with Crippen molar-refractivity contribution < 1.29 is 5.11 Å². The lowest BCUT2D eigenvalue weighted by atomic mass is 10.2. The predicted molar refractivity (Wildman–Crippen MR) is 72.5 cm³/mol. The molecule has 4 heteroatoms. The van der Waals surface area contributed by atoms with Crippen molar-refractivity contribution in [1.29, 1.82) is 0 Å². The van der Waals surface area contributed by atoms with Crippen LogP contribution in [0.2, 0.25) is 0 Å². The highest BCUT2D eigenvalue weighted by molar-refractivity contribution is 5.56. The number of benzene rings is 1. The van der Waals surface area contributed by atoms with Crippen molar-refractivity contribution in [2.45, 2.75) is 13.0 Å². The van der Waals surface area contributed by atoms with Gasteiger partial charge in [-0.2, -0.15) is 0 Å². The topological polar surface area (TPSA) is 41.3 Å². The van der Waals surface area contributed by atoms with E-state index in [4.69, 9.17) is 0 Å². The molecule has 0 fully saturated rings. The van der Waals surface area contributed by atoms with Crippen LogP contribution >= 0.6 is 0 Å². The third-order valence-electron chi connectivity index (χ3n) is 2.85. The van der Waals surface area contributed by atoms with Gasteiger partial charge in [0, 0.05) is 24.5 Å². The van der Waals surface area contributed by atoms with Gasteiger partial charge in [0.1, 0.15) is 11.6 Å². The summed E-state index contributed by atoms with van der Waals surface area (Å²) >= 11 is 0. The number of aryl methyl sites for hydroxylation is 1. The molecule has 0 spiro atoms. The molecular weight excluding hydrogens is 226 g/mol. The number of hydrogen-bond acceptors (Lipinski definition) is 3. The molecule has 0 bridgehead atoms. The van der Waals surface area contributed by atoms with Gasteiger partial charge in [-0.25, -0.2) is 4.98 Å². The summed E-state index contributed by atoms with van der Waals surface area (Å²) in [6.45, 7) is 2.02. The Morgan fingerprint density at radius 2 is 1.94 bits per heavy atom. The molecular formula is C14H19N3O. The van der Waals surface area contributed by atoms with E-state index in [1.54, 1.807) is 12.1 Å². The molecule has 0 aliphatic carbocycles. The molecule has 0 saturated heterocycles. The smallest absolute Gasteiger partial charge is 0.139 e. The van der Waals surface area contributed by atoms with Gasteiger partial charge in [0.15, 0.2) is 0 Å². The molecule has 0 saturated carbocycles. The number of nitrogens with zero attached hydrogens (tertiary/aromatic N) is 3. The van der Waals surface area contributed by atoms with Gasteiger partial charge in [-0.15, -0.1) is 0 Å². The minimum absolute atomic E-state index is 0.282. The summed E-state index contributed by atoms with van der Waals surface area (Å²) in [5.41, 5.74) is 1.03. The van der Waals surface area contributed by atoms with Crippen LogP contribution in [-0.2, 0) is 6.54 Å². The number of phenolic OH excluding ortho intramolecular Hbond substituents is 1. The number of rotatable bonds is 5. The first-order valence-corrected chi connectivity index (χ1v) is 6.12. The van der Waals surface area contributed by atoms with Gasteiger partial charge in [-0.1, -0.05) is 0 Å². The zero-order chi connectivity index (χ0) is 13.0. The largest absolute Gasteiger partial charge is 0.508 e. The molecule has 96 valence electrons. The second-order valence-corrected chi connectivity index (χ2v) is 4.65. The SMILES string of the molecule is CN(C)CCCn1ccnc1-c1ccc(O)cc1. The summed E-state index contributed by atoms with van der Waals surface area (Å²) in [5.74, 6) is 1.23. The highest BCUT2D eigenvalue weighted by Crippen LogP contribution is 2.20. The lowest BCUT2D eigenvalue weighted by Gasteiger charge is -2.11. The van der Waals surface area contributed by atoms with E-state index in [0.717, 1.165) is 30.9 Å². The van der Waals surface area contributed by atoms with Crippen LogP contribution in [0.4, 0.5) is 0 Å². The fraction of sp³-hybridized carbons (Fsp3) is 0.357. The quantitative estimate of drug-likeness (QED) is 0.878. The molecule has 2 rings (SSSR count). The van der Waals surface area contributed by atoms with Gasteiger partial charge >= 0.3 is 0 Å². The summed E-state index contributed by atoms with van der Waals surface area (Å²) in [6, 6.07) is 7.16. The van der Waals surface area contributed by atoms with Crippen LogP contribution in [-0.4, -0.2) is 40.2 Å². The van der Waals surface area contributed by atoms with Gasteiger partial charge in [-0.05, 0) is 51.3 Å². The number of aromatic nitrogens is 2. The van der Waals surface area contributed by atoms with Crippen LogP contribution < -0.4 is 0 Å². The molecule has 0 amide bonds. The standard InChI is InChI=1S/C14H19N3O/c1-16(2)9-3-10-17-11-8-15-14(17)12-4-6-13(18)7-5-12/h4-8,11,18H,3,9-10H2,1-2H3. The van der Waals surface area contributed by atoms with Crippen molar-refractivity contribution in [2.24, 2.45) is 0 Å². The van der Waals surface area contributed by atoms with Crippen LogP contribution in [0.5, 0.6) is 5.75 Å². The average Bonchev–Trinajstić information content (AvgIpc) is 2.78. The van der Waals surface area contributed by atoms with Gasteiger partial charge in [0.25, 0.3) is 0 Å². The summed E-state index contributed by atoms with van der Waals surface area (Å²) in [5, 5.41) is 9.29. The third kappa shape index (κ3) is 3.11. The van der Waals surface area contributed by atoms with Crippen molar-refractivity contribution in [1.82, 2.24) is 14.5 Å². The first-order chi connectivity index (χ1) is 8.66. The molecule has 0 unspecified atom stereocenters. The van der Waals surface area contributed by atoms with Crippen molar-refractivity contribution in [3.63, 3.8) is 0 Å². The predicted octanol–water partition coefficient (Wildman–Crippen LogP) is 2.21. The molecule has 1 aromatic heterocycles. The number of hydrogen-bond donors (Lipinski definition) is 1. The van der Waals surface area contributed by atoms with E-state index in [9.17, 15) is 5.11 Å². The highest BCUT2D eigenvalue weighted by atomic mass is 16.3. The molecule has 18 heavy (non-hydrogen) atoms. The van der Waals surface area contributed by atoms with Gasteiger partial charge in [-0.3, -0.25) is 0 Å². The molecule has 0 aliphatic rings. The third-order valence-corrected chi connectivity index (χ3v) is 2.85. The molecule has 0 aliphatic heterocycles. The van der Waals surface area contributed by atoms with E-state index >= 15 is 0 Å². The fourth-order valence-electron chi connectivity index (χ4n) is 1.92. The number of phenols is 1. The van der Waals surface area contributed by atoms with Crippen molar-refractivity contribution in [3.05, 3.63) is 36.7 Å². The van der Waals surface area contributed by atoms with Crippen molar-refractivity contribution >= 4 is 0 Å². The van der Waals surface area contributed by atoms with Gasteiger partial charge in [0.05, 0.1) is 0 Å². The maximum absolute atomic E-state index is 9.29. The maximum atomic E-state index is 9.29. The Morgan fingerprint density at radius 1 is 1.22 bits per heavy atom. The monoisotopic (exact) mass is 245 g/mol. The Morgan fingerprint density at radius 3 is 2.61 bits per heavy atom. The summed E-state index contributed by atoms with van der Waals surface area (Å²) in [7, 11) is 4.16. The number of imidazole rings is 1. The van der Waals surface area contributed by atoms with Crippen LogP contribution in [0.1, 0.15) is 6.42 Å². The van der Waals surface area contributed by atoms with Crippen LogP contribution in [0.25, 0.3) is 11.4 Å². The molecule has 2 aromatic rings. The van der Waals surface area contributed by atoms with Gasteiger partial charge < -0.3 is 14.6 Å². The van der Waals surface area contributed by atoms with E-state index in [1.807, 2.05) is 24.5 Å². The normalized spacial score (nSPS) is 11.1. The molecule has 0 atom stereocenters. The van der Waals surface area contributed by atoms with E-state index in [0.29, 0.717) is 0 Å². The lowest BCUT2D eigenvalue weighted by Crippen LogP contribution is -2.15. The zero-order valence-electron chi connectivity index (χ0n) is 10.9. The van der Waals surface area contributed by atoms with E-state index in [-0.39, 0.29) is 5.75 Å². The van der Waals surface area contributed by atoms with E-state index in [2.05, 4.69) is 28.5 Å². The Labute approximate surface area is 108 Å². The fourth-order valence-corrected chi connectivity index (χ4v) is 1.92. The molecule has 1 aromatic carbocycles.